The largest absolute Gasteiger partial charge is 0.368 e. The quantitative estimate of drug-likeness (QED) is 0.694. The van der Waals surface area contributed by atoms with E-state index >= 15 is 0 Å². The molecule has 1 aliphatic rings. The Kier molecular flexibility index (Phi) is 4.96. The van der Waals surface area contributed by atoms with Crippen molar-refractivity contribution in [1.29, 1.82) is 0 Å². The summed E-state index contributed by atoms with van der Waals surface area (Å²) in [6.07, 6.45) is 1.30. The first-order valence-electron chi connectivity index (χ1n) is 8.77. The molecule has 0 saturated carbocycles. The van der Waals surface area contributed by atoms with E-state index in [1.165, 1.54) is 6.20 Å². The zero-order chi connectivity index (χ0) is 19.5. The average molecular weight is 386 g/mol. The molecule has 4 rings (SSSR count). The van der Waals surface area contributed by atoms with Crippen LogP contribution in [0, 0.1) is 17.5 Å². The maximum absolute atomic E-state index is 13.9. The van der Waals surface area contributed by atoms with Crippen LogP contribution in [0.3, 0.4) is 0 Å². The third kappa shape index (κ3) is 3.68. The van der Waals surface area contributed by atoms with Gasteiger partial charge in [0, 0.05) is 31.9 Å². The summed E-state index contributed by atoms with van der Waals surface area (Å²) in [5.74, 6) is -3.51. The van der Waals surface area contributed by atoms with Crippen molar-refractivity contribution in [3.8, 4) is 0 Å². The number of anilines is 4. The van der Waals surface area contributed by atoms with Crippen LogP contribution in [0.4, 0.5) is 36.3 Å². The Balaban J connectivity index is 1.45. The first kappa shape index (κ1) is 18.0. The van der Waals surface area contributed by atoms with Gasteiger partial charge in [-0.1, -0.05) is 18.2 Å². The minimum absolute atomic E-state index is 0.195. The normalized spacial score (nSPS) is 14.2. The Morgan fingerprint density at radius 1 is 0.821 bits per heavy atom. The number of piperazine rings is 1. The molecule has 0 atom stereocenters. The van der Waals surface area contributed by atoms with Crippen molar-refractivity contribution in [2.45, 2.75) is 0 Å². The second-order valence-electron chi connectivity index (χ2n) is 6.30. The number of hydrogen-bond donors (Lipinski definition) is 1. The Morgan fingerprint density at radius 3 is 2.29 bits per heavy atom. The molecular formula is C19H17F3N6. The van der Waals surface area contributed by atoms with Gasteiger partial charge in [-0.2, -0.15) is 10.1 Å². The summed E-state index contributed by atoms with van der Waals surface area (Å²) in [6, 6.07) is 12.1. The summed E-state index contributed by atoms with van der Waals surface area (Å²) < 4.78 is 40.3. The van der Waals surface area contributed by atoms with Crippen LogP contribution in [0.5, 0.6) is 0 Å². The highest BCUT2D eigenvalue weighted by molar-refractivity contribution is 5.57. The minimum atomic E-state index is -1.54. The van der Waals surface area contributed by atoms with Crippen molar-refractivity contribution in [2.75, 3.05) is 41.3 Å². The van der Waals surface area contributed by atoms with E-state index in [-0.39, 0.29) is 11.5 Å². The molecule has 2 heterocycles. The fourth-order valence-corrected chi connectivity index (χ4v) is 3.05. The van der Waals surface area contributed by atoms with Gasteiger partial charge in [0.1, 0.15) is 0 Å². The van der Waals surface area contributed by atoms with Crippen molar-refractivity contribution in [2.24, 2.45) is 0 Å². The molecule has 1 aliphatic heterocycles. The Bertz CT molecular complexity index is 961. The molecular weight excluding hydrogens is 369 g/mol. The molecule has 0 aliphatic carbocycles. The van der Waals surface area contributed by atoms with Gasteiger partial charge < -0.3 is 15.1 Å². The van der Waals surface area contributed by atoms with Gasteiger partial charge in [-0.05, 0) is 24.3 Å². The minimum Gasteiger partial charge on any atom is -0.368 e. The van der Waals surface area contributed by atoms with Crippen LogP contribution < -0.4 is 15.1 Å². The summed E-state index contributed by atoms with van der Waals surface area (Å²) in [5.41, 5.74) is 0.935. The second kappa shape index (κ2) is 7.71. The highest BCUT2D eigenvalue weighted by Gasteiger charge is 2.20. The summed E-state index contributed by atoms with van der Waals surface area (Å²) in [5, 5.41) is 10.5. The lowest BCUT2D eigenvalue weighted by atomic mass is 10.2. The Labute approximate surface area is 159 Å². The molecule has 0 bridgehead atoms. The second-order valence-corrected chi connectivity index (χ2v) is 6.30. The predicted octanol–water partition coefficient (Wildman–Crippen LogP) is 3.36. The van der Waals surface area contributed by atoms with Crippen molar-refractivity contribution in [3.05, 3.63) is 66.1 Å². The first-order valence-corrected chi connectivity index (χ1v) is 8.77. The van der Waals surface area contributed by atoms with Crippen LogP contribution >= 0.6 is 0 Å². The highest BCUT2D eigenvalue weighted by atomic mass is 19.2. The molecule has 2 aromatic carbocycles. The lowest BCUT2D eigenvalue weighted by Crippen LogP contribution is -2.47. The van der Waals surface area contributed by atoms with E-state index in [4.69, 9.17) is 0 Å². The molecule has 0 unspecified atom stereocenters. The van der Waals surface area contributed by atoms with E-state index in [0.717, 1.165) is 30.9 Å². The van der Waals surface area contributed by atoms with E-state index in [1.54, 1.807) is 0 Å². The predicted molar refractivity (Wildman–Crippen MR) is 100 cm³/mol. The third-order valence-corrected chi connectivity index (χ3v) is 4.53. The topological polar surface area (TPSA) is 57.2 Å². The Hall–Kier alpha value is -3.36. The number of nitrogens with zero attached hydrogens (tertiary/aromatic N) is 5. The highest BCUT2D eigenvalue weighted by Crippen LogP contribution is 2.23. The van der Waals surface area contributed by atoms with Gasteiger partial charge in [0.25, 0.3) is 0 Å². The molecule has 28 heavy (non-hydrogen) atoms. The molecule has 0 radical (unpaired) electrons. The van der Waals surface area contributed by atoms with Crippen LogP contribution in [0.2, 0.25) is 0 Å². The summed E-state index contributed by atoms with van der Waals surface area (Å²) in [6.45, 7) is 2.98. The van der Waals surface area contributed by atoms with Gasteiger partial charge in [-0.15, -0.1) is 5.10 Å². The summed E-state index contributed by atoms with van der Waals surface area (Å²) in [7, 11) is 0. The van der Waals surface area contributed by atoms with Crippen LogP contribution in [0.1, 0.15) is 0 Å². The number of hydrogen-bond acceptors (Lipinski definition) is 6. The molecule has 0 amide bonds. The van der Waals surface area contributed by atoms with Crippen LogP contribution in [0.15, 0.2) is 48.7 Å². The van der Waals surface area contributed by atoms with Gasteiger partial charge in [0.05, 0.1) is 11.9 Å². The molecule has 1 saturated heterocycles. The summed E-state index contributed by atoms with van der Waals surface area (Å²) >= 11 is 0. The van der Waals surface area contributed by atoms with Gasteiger partial charge in [-0.25, -0.2) is 13.2 Å². The number of rotatable bonds is 4. The molecule has 9 heteroatoms. The monoisotopic (exact) mass is 386 g/mol. The molecule has 144 valence electrons. The fourth-order valence-electron chi connectivity index (χ4n) is 3.05. The smallest absolute Gasteiger partial charge is 0.247 e. The molecule has 1 N–H and O–H groups in total. The maximum Gasteiger partial charge on any atom is 0.247 e. The lowest BCUT2D eigenvalue weighted by Gasteiger charge is -2.35. The van der Waals surface area contributed by atoms with Gasteiger partial charge in [0.15, 0.2) is 23.3 Å². The lowest BCUT2D eigenvalue weighted by molar-refractivity contribution is 0.449. The van der Waals surface area contributed by atoms with Crippen LogP contribution in [-0.2, 0) is 0 Å². The van der Waals surface area contributed by atoms with E-state index in [9.17, 15) is 13.2 Å². The molecule has 3 aromatic rings. The van der Waals surface area contributed by atoms with E-state index < -0.39 is 17.5 Å². The van der Waals surface area contributed by atoms with Crippen molar-refractivity contribution in [1.82, 2.24) is 15.2 Å². The van der Waals surface area contributed by atoms with Crippen LogP contribution in [0.25, 0.3) is 0 Å². The van der Waals surface area contributed by atoms with Crippen molar-refractivity contribution in [3.63, 3.8) is 0 Å². The molecule has 6 nitrogen and oxygen atoms in total. The zero-order valence-electron chi connectivity index (χ0n) is 14.8. The number of halogens is 3. The first-order chi connectivity index (χ1) is 13.6. The van der Waals surface area contributed by atoms with E-state index in [0.29, 0.717) is 19.0 Å². The van der Waals surface area contributed by atoms with E-state index in [1.807, 2.05) is 23.1 Å². The third-order valence-electron chi connectivity index (χ3n) is 4.53. The number of nitrogens with one attached hydrogen (secondary N) is 1. The van der Waals surface area contributed by atoms with Gasteiger partial charge in [0.2, 0.25) is 5.95 Å². The SMILES string of the molecule is Fc1ccc(Nc2cnnc(N3CCN(c4ccccc4)CC3)n2)c(F)c1F. The van der Waals surface area contributed by atoms with Crippen molar-refractivity contribution >= 4 is 23.1 Å². The standard InChI is InChI=1S/C19H17F3N6/c20-14-6-7-15(18(22)17(14)21)24-16-12-23-26-19(25-16)28-10-8-27(9-11-28)13-4-2-1-3-5-13/h1-7,12H,8-11H2,(H,24,25,26). The van der Waals surface area contributed by atoms with Gasteiger partial charge in [-0.3, -0.25) is 0 Å². The van der Waals surface area contributed by atoms with E-state index in [2.05, 4.69) is 37.5 Å². The molecule has 1 fully saturated rings. The van der Waals surface area contributed by atoms with Gasteiger partial charge >= 0.3 is 0 Å². The molecule has 0 spiro atoms. The number of benzene rings is 2. The maximum atomic E-state index is 13.9. The van der Waals surface area contributed by atoms with Crippen LogP contribution in [-0.4, -0.2) is 41.4 Å². The molecule has 1 aromatic heterocycles. The van der Waals surface area contributed by atoms with Crippen molar-refractivity contribution < 1.29 is 13.2 Å². The Morgan fingerprint density at radius 2 is 1.54 bits per heavy atom. The zero-order valence-corrected chi connectivity index (χ0v) is 14.8. The summed E-state index contributed by atoms with van der Waals surface area (Å²) in [4.78, 5) is 8.56. The fraction of sp³-hybridized carbons (Fsp3) is 0.211. The number of aromatic nitrogens is 3. The number of para-hydroxylation sites is 1. The average Bonchev–Trinajstić information content (AvgIpc) is 2.75.